The molecule has 0 radical (unpaired) electrons. The highest BCUT2D eigenvalue weighted by Crippen LogP contribution is 2.37. The number of aromatic nitrogens is 1. The molecule has 3 heterocycles. The van der Waals surface area contributed by atoms with Gasteiger partial charge in [-0.2, -0.15) is 0 Å². The number of para-hydroxylation sites is 1. The number of fused-ring (bicyclic) bond motifs is 1. The van der Waals surface area contributed by atoms with Crippen LogP contribution in [0.25, 0.3) is 5.57 Å². The number of anilines is 1. The molecular weight excluding hydrogens is 322 g/mol. The van der Waals surface area contributed by atoms with Crippen LogP contribution in [-0.2, 0) is 11.2 Å². The second kappa shape index (κ2) is 7.12. The van der Waals surface area contributed by atoms with Gasteiger partial charge < -0.3 is 4.98 Å². The molecule has 1 saturated heterocycles. The number of amides is 1. The van der Waals surface area contributed by atoms with Crippen LogP contribution in [0.3, 0.4) is 0 Å². The number of benzene rings is 1. The summed E-state index contributed by atoms with van der Waals surface area (Å²) >= 11 is 0. The Morgan fingerprint density at radius 1 is 1.15 bits per heavy atom. The predicted molar refractivity (Wildman–Crippen MR) is 106 cm³/mol. The van der Waals surface area contributed by atoms with Crippen LogP contribution in [-0.4, -0.2) is 35.5 Å². The summed E-state index contributed by atoms with van der Waals surface area (Å²) in [6, 6.07) is 10.4. The Balaban J connectivity index is 1.53. The monoisotopic (exact) mass is 349 g/mol. The first-order valence-electron chi connectivity index (χ1n) is 9.62. The number of hydrogen-bond donors (Lipinski definition) is 1. The van der Waals surface area contributed by atoms with Crippen molar-refractivity contribution in [3.8, 4) is 0 Å². The summed E-state index contributed by atoms with van der Waals surface area (Å²) in [5.41, 5.74) is 6.77. The average Bonchev–Trinajstić information content (AvgIpc) is 3.31. The largest absolute Gasteiger partial charge is 0.362 e. The number of hydrogen-bond acceptors (Lipinski definition) is 2. The van der Waals surface area contributed by atoms with Gasteiger partial charge in [0.1, 0.15) is 0 Å². The molecule has 0 bridgehead atoms. The van der Waals surface area contributed by atoms with Crippen LogP contribution in [0.2, 0.25) is 0 Å². The molecular formula is C22H27N3O. The number of carbonyl (C=O) groups excluding carboxylic acids is 1. The number of allylic oxidation sites excluding steroid dienone is 1. The van der Waals surface area contributed by atoms with Gasteiger partial charge in [-0.05, 0) is 70.3 Å². The minimum Gasteiger partial charge on any atom is -0.362 e. The van der Waals surface area contributed by atoms with E-state index in [2.05, 4.69) is 48.0 Å². The number of H-pyrrole nitrogens is 1. The Bertz CT molecular complexity index is 843. The summed E-state index contributed by atoms with van der Waals surface area (Å²) in [4.78, 5) is 20.8. The third-order valence-electron chi connectivity index (χ3n) is 5.50. The van der Waals surface area contributed by atoms with Gasteiger partial charge in [-0.25, -0.2) is 0 Å². The van der Waals surface area contributed by atoms with E-state index in [1.165, 1.54) is 29.8 Å². The number of nitrogens with zero attached hydrogens (tertiary/aromatic N) is 2. The zero-order valence-corrected chi connectivity index (χ0v) is 15.7. The van der Waals surface area contributed by atoms with Crippen molar-refractivity contribution in [2.24, 2.45) is 0 Å². The lowest BCUT2D eigenvalue weighted by Gasteiger charge is -2.24. The Hall–Kier alpha value is -2.33. The molecule has 1 N–H and O–H groups in total. The first-order chi connectivity index (χ1) is 12.6. The quantitative estimate of drug-likeness (QED) is 0.827. The van der Waals surface area contributed by atoms with Gasteiger partial charge in [0.25, 0.3) is 5.91 Å². The number of nitrogens with one attached hydrogen (secondary N) is 1. The zero-order chi connectivity index (χ0) is 18.1. The Morgan fingerprint density at radius 3 is 2.65 bits per heavy atom. The first kappa shape index (κ1) is 17.1. The van der Waals surface area contributed by atoms with Crippen LogP contribution in [0, 0.1) is 13.8 Å². The Labute approximate surface area is 155 Å². The lowest BCUT2D eigenvalue weighted by Crippen LogP contribution is -2.38. The van der Waals surface area contributed by atoms with Crippen molar-refractivity contribution in [3.63, 3.8) is 0 Å². The van der Waals surface area contributed by atoms with Gasteiger partial charge in [-0.3, -0.25) is 14.6 Å². The molecule has 2 aromatic rings. The smallest absolute Gasteiger partial charge is 0.259 e. The molecule has 4 heteroatoms. The van der Waals surface area contributed by atoms with Crippen LogP contribution in [0.15, 0.2) is 36.4 Å². The maximum Gasteiger partial charge on any atom is 0.259 e. The zero-order valence-electron chi connectivity index (χ0n) is 15.7. The Kier molecular flexibility index (Phi) is 4.68. The molecule has 2 aliphatic rings. The van der Waals surface area contributed by atoms with E-state index >= 15 is 0 Å². The minimum absolute atomic E-state index is 0.150. The molecule has 0 atom stereocenters. The fraction of sp³-hybridized carbons (Fsp3) is 0.409. The van der Waals surface area contributed by atoms with Crippen molar-refractivity contribution in [1.29, 1.82) is 0 Å². The number of rotatable bonds is 5. The van der Waals surface area contributed by atoms with Crippen molar-refractivity contribution in [2.45, 2.75) is 39.5 Å². The molecule has 0 spiro atoms. The predicted octanol–water partition coefficient (Wildman–Crippen LogP) is 4.05. The molecule has 0 aliphatic carbocycles. The highest BCUT2D eigenvalue weighted by molar-refractivity contribution is 6.32. The first-order valence-corrected chi connectivity index (χ1v) is 9.62. The molecule has 4 rings (SSSR count). The molecule has 1 aromatic carbocycles. The van der Waals surface area contributed by atoms with Crippen LogP contribution in [0.4, 0.5) is 5.69 Å². The standard InChI is InChI=1S/C22H27N3O/c1-16-14-17(2)23-20(16)10-7-9-19-18-8-3-4-11-21(18)25(22(19)26)15-24-12-5-6-13-24/h3-4,8-9,11,14,23H,5-7,10,12-13,15H2,1-2H3/b19-9-. The van der Waals surface area contributed by atoms with Gasteiger partial charge >= 0.3 is 0 Å². The summed E-state index contributed by atoms with van der Waals surface area (Å²) in [5, 5.41) is 0. The summed E-state index contributed by atoms with van der Waals surface area (Å²) < 4.78 is 0. The number of carbonyl (C=O) groups is 1. The van der Waals surface area contributed by atoms with Gasteiger partial charge in [0, 0.05) is 22.5 Å². The molecule has 1 fully saturated rings. The number of likely N-dealkylation sites (tertiary alicyclic amines) is 1. The Morgan fingerprint density at radius 2 is 1.92 bits per heavy atom. The van der Waals surface area contributed by atoms with Crippen molar-refractivity contribution < 1.29 is 4.79 Å². The average molecular weight is 349 g/mol. The van der Waals surface area contributed by atoms with E-state index in [0.29, 0.717) is 6.67 Å². The maximum absolute atomic E-state index is 13.1. The van der Waals surface area contributed by atoms with Gasteiger partial charge in [-0.1, -0.05) is 24.3 Å². The third kappa shape index (κ3) is 3.21. The summed E-state index contributed by atoms with van der Waals surface area (Å²) in [6.07, 6.45) is 6.40. The number of aryl methyl sites for hydroxylation is 3. The van der Waals surface area contributed by atoms with E-state index < -0.39 is 0 Å². The molecule has 136 valence electrons. The van der Waals surface area contributed by atoms with Gasteiger partial charge in [0.05, 0.1) is 12.4 Å². The highest BCUT2D eigenvalue weighted by Gasteiger charge is 2.33. The van der Waals surface area contributed by atoms with Crippen LogP contribution in [0.1, 0.15) is 41.8 Å². The van der Waals surface area contributed by atoms with Crippen LogP contribution >= 0.6 is 0 Å². The summed E-state index contributed by atoms with van der Waals surface area (Å²) in [6.45, 7) is 7.12. The van der Waals surface area contributed by atoms with Crippen molar-refractivity contribution >= 4 is 17.2 Å². The summed E-state index contributed by atoms with van der Waals surface area (Å²) in [5.74, 6) is 0.150. The molecule has 1 aromatic heterocycles. The van der Waals surface area contributed by atoms with Crippen molar-refractivity contribution in [2.75, 3.05) is 24.7 Å². The maximum atomic E-state index is 13.1. The van der Waals surface area contributed by atoms with Crippen LogP contribution in [0.5, 0.6) is 0 Å². The normalized spacial score (nSPS) is 18.9. The second-order valence-electron chi connectivity index (χ2n) is 7.49. The highest BCUT2D eigenvalue weighted by atomic mass is 16.2. The fourth-order valence-corrected chi connectivity index (χ4v) is 4.17. The van der Waals surface area contributed by atoms with Crippen molar-refractivity contribution in [3.05, 3.63) is 58.9 Å². The number of aromatic amines is 1. The van der Waals surface area contributed by atoms with E-state index in [4.69, 9.17) is 0 Å². The molecule has 0 saturated carbocycles. The molecule has 4 nitrogen and oxygen atoms in total. The van der Waals surface area contributed by atoms with E-state index in [0.717, 1.165) is 42.8 Å². The van der Waals surface area contributed by atoms with E-state index in [9.17, 15) is 4.79 Å². The third-order valence-corrected chi connectivity index (χ3v) is 5.50. The van der Waals surface area contributed by atoms with E-state index in [1.807, 2.05) is 17.0 Å². The van der Waals surface area contributed by atoms with E-state index in [1.54, 1.807) is 0 Å². The topological polar surface area (TPSA) is 39.3 Å². The lowest BCUT2D eigenvalue weighted by molar-refractivity contribution is -0.113. The van der Waals surface area contributed by atoms with Gasteiger partial charge in [0.15, 0.2) is 0 Å². The van der Waals surface area contributed by atoms with Crippen molar-refractivity contribution in [1.82, 2.24) is 9.88 Å². The summed E-state index contributed by atoms with van der Waals surface area (Å²) in [7, 11) is 0. The molecule has 1 amide bonds. The molecule has 26 heavy (non-hydrogen) atoms. The minimum atomic E-state index is 0.150. The molecule has 0 unspecified atom stereocenters. The van der Waals surface area contributed by atoms with Gasteiger partial charge in [-0.15, -0.1) is 0 Å². The lowest BCUT2D eigenvalue weighted by atomic mass is 10.0. The molecule has 2 aliphatic heterocycles. The second-order valence-corrected chi connectivity index (χ2v) is 7.49. The van der Waals surface area contributed by atoms with E-state index in [-0.39, 0.29) is 5.91 Å². The fourth-order valence-electron chi connectivity index (χ4n) is 4.17. The van der Waals surface area contributed by atoms with Gasteiger partial charge in [0.2, 0.25) is 0 Å². The van der Waals surface area contributed by atoms with Crippen LogP contribution < -0.4 is 4.90 Å². The SMILES string of the molecule is Cc1cc(C)c(CC/C=C2\C(=O)N(CN3CCCC3)c3ccccc32)[nH]1.